The predicted molar refractivity (Wildman–Crippen MR) is 63.8 cm³/mol. The van der Waals surface area contributed by atoms with Crippen molar-refractivity contribution in [3.8, 4) is 0 Å². The summed E-state index contributed by atoms with van der Waals surface area (Å²) in [5.41, 5.74) is -0.335. The normalized spacial score (nSPS) is 13.6. The molecule has 2 nitrogen and oxygen atoms in total. The first-order valence-corrected chi connectivity index (χ1v) is 5.71. The Labute approximate surface area is 93.4 Å². The molecule has 0 aromatic heterocycles. The molecule has 1 atom stereocenters. The highest BCUT2D eigenvalue weighted by Crippen LogP contribution is 2.21. The Hall–Kier alpha value is -0.630. The van der Waals surface area contributed by atoms with E-state index in [1.165, 1.54) is 0 Å². The standard InChI is InChI=1S/C13H24O2/c1-5-6-7-8-9-10-11(14)12(15)13(2,3)4/h5,12,15H,1,6-10H2,2-4H3. The lowest BCUT2D eigenvalue weighted by Gasteiger charge is -2.24. The van der Waals surface area contributed by atoms with Gasteiger partial charge in [0.05, 0.1) is 0 Å². The maximum Gasteiger partial charge on any atom is 0.161 e. The lowest BCUT2D eigenvalue weighted by atomic mass is 9.85. The summed E-state index contributed by atoms with van der Waals surface area (Å²) in [5, 5.41) is 9.69. The summed E-state index contributed by atoms with van der Waals surface area (Å²) >= 11 is 0. The Morgan fingerprint density at radius 1 is 1.33 bits per heavy atom. The molecule has 0 fully saturated rings. The second kappa shape index (κ2) is 6.78. The van der Waals surface area contributed by atoms with Crippen LogP contribution in [0.4, 0.5) is 0 Å². The molecule has 0 saturated heterocycles. The summed E-state index contributed by atoms with van der Waals surface area (Å²) in [5.74, 6) is -0.0268. The van der Waals surface area contributed by atoms with Gasteiger partial charge < -0.3 is 5.11 Å². The number of carbonyl (C=O) groups excluding carboxylic acids is 1. The number of allylic oxidation sites excluding steroid dienone is 1. The number of hydrogen-bond donors (Lipinski definition) is 1. The van der Waals surface area contributed by atoms with Gasteiger partial charge in [-0.15, -0.1) is 6.58 Å². The van der Waals surface area contributed by atoms with Gasteiger partial charge in [-0.2, -0.15) is 0 Å². The molecule has 0 aromatic rings. The van der Waals surface area contributed by atoms with E-state index in [4.69, 9.17) is 0 Å². The molecule has 1 unspecified atom stereocenters. The van der Waals surface area contributed by atoms with Crippen LogP contribution in [0.5, 0.6) is 0 Å². The minimum absolute atomic E-state index is 0.0268. The van der Waals surface area contributed by atoms with Crippen LogP contribution in [-0.4, -0.2) is 17.0 Å². The summed E-state index contributed by atoms with van der Waals surface area (Å²) < 4.78 is 0. The maximum absolute atomic E-state index is 11.6. The van der Waals surface area contributed by atoms with Gasteiger partial charge in [0, 0.05) is 6.42 Å². The molecule has 0 radical (unpaired) electrons. The van der Waals surface area contributed by atoms with E-state index in [1.807, 2.05) is 26.8 Å². The van der Waals surface area contributed by atoms with Crippen molar-refractivity contribution in [2.75, 3.05) is 0 Å². The monoisotopic (exact) mass is 212 g/mol. The minimum atomic E-state index is -0.822. The van der Waals surface area contributed by atoms with Crippen LogP contribution in [0.3, 0.4) is 0 Å². The van der Waals surface area contributed by atoms with Crippen LogP contribution < -0.4 is 0 Å². The van der Waals surface area contributed by atoms with Crippen molar-refractivity contribution in [3.05, 3.63) is 12.7 Å². The Balaban J connectivity index is 3.70. The second-order valence-electron chi connectivity index (χ2n) is 5.12. The predicted octanol–water partition coefficient (Wildman–Crippen LogP) is 3.10. The molecule has 2 heteroatoms. The molecule has 0 heterocycles. The molecule has 0 aromatic carbocycles. The van der Waals surface area contributed by atoms with Crippen molar-refractivity contribution in [2.45, 2.75) is 59.0 Å². The number of aliphatic hydroxyl groups excluding tert-OH is 1. The third-order valence-corrected chi connectivity index (χ3v) is 2.46. The highest BCUT2D eigenvalue weighted by atomic mass is 16.3. The van der Waals surface area contributed by atoms with Crippen LogP contribution >= 0.6 is 0 Å². The van der Waals surface area contributed by atoms with Gasteiger partial charge in [0.15, 0.2) is 5.78 Å². The van der Waals surface area contributed by atoms with Crippen molar-refractivity contribution >= 4 is 5.78 Å². The van der Waals surface area contributed by atoms with Gasteiger partial charge >= 0.3 is 0 Å². The highest BCUT2D eigenvalue weighted by molar-refractivity contribution is 5.83. The Bertz CT molecular complexity index is 201. The Morgan fingerprint density at radius 3 is 2.40 bits per heavy atom. The number of carbonyl (C=O) groups is 1. The van der Waals surface area contributed by atoms with Crippen molar-refractivity contribution in [2.24, 2.45) is 5.41 Å². The molecule has 0 amide bonds. The molecule has 15 heavy (non-hydrogen) atoms. The fraction of sp³-hybridized carbons (Fsp3) is 0.769. The lowest BCUT2D eigenvalue weighted by Crippen LogP contribution is -2.34. The van der Waals surface area contributed by atoms with Crippen molar-refractivity contribution in [1.29, 1.82) is 0 Å². The molecule has 0 aliphatic rings. The minimum Gasteiger partial charge on any atom is -0.385 e. The fourth-order valence-electron chi connectivity index (χ4n) is 1.38. The molecule has 0 aliphatic carbocycles. The number of aliphatic hydroxyl groups is 1. The Kier molecular flexibility index (Phi) is 6.50. The van der Waals surface area contributed by atoms with Crippen LogP contribution in [0.2, 0.25) is 0 Å². The molecule has 1 N–H and O–H groups in total. The van der Waals surface area contributed by atoms with Crippen molar-refractivity contribution in [1.82, 2.24) is 0 Å². The van der Waals surface area contributed by atoms with Crippen LogP contribution in [0, 0.1) is 5.41 Å². The maximum atomic E-state index is 11.6. The lowest BCUT2D eigenvalue weighted by molar-refractivity contribution is -0.132. The molecular formula is C13H24O2. The van der Waals surface area contributed by atoms with Gasteiger partial charge in [0.1, 0.15) is 6.10 Å². The zero-order valence-electron chi connectivity index (χ0n) is 10.3. The molecule has 0 aliphatic heterocycles. The molecule has 88 valence electrons. The molecular weight excluding hydrogens is 188 g/mol. The third-order valence-electron chi connectivity index (χ3n) is 2.46. The zero-order valence-corrected chi connectivity index (χ0v) is 10.3. The van der Waals surface area contributed by atoms with Gasteiger partial charge in [-0.3, -0.25) is 4.79 Å². The molecule has 0 rings (SSSR count). The van der Waals surface area contributed by atoms with E-state index in [2.05, 4.69) is 6.58 Å². The summed E-state index contributed by atoms with van der Waals surface area (Å²) in [6.07, 6.45) is 5.57. The molecule has 0 spiro atoms. The summed E-state index contributed by atoms with van der Waals surface area (Å²) in [7, 11) is 0. The SMILES string of the molecule is C=CCCCCCC(=O)C(O)C(C)(C)C. The number of hydrogen-bond acceptors (Lipinski definition) is 2. The highest BCUT2D eigenvalue weighted by Gasteiger charge is 2.27. The van der Waals surface area contributed by atoms with Gasteiger partial charge in [-0.1, -0.05) is 33.3 Å². The van der Waals surface area contributed by atoms with Gasteiger partial charge in [-0.25, -0.2) is 0 Å². The van der Waals surface area contributed by atoms with Crippen molar-refractivity contribution < 1.29 is 9.90 Å². The first-order valence-electron chi connectivity index (χ1n) is 5.71. The third kappa shape index (κ3) is 6.45. The quantitative estimate of drug-likeness (QED) is 0.520. The van der Waals surface area contributed by atoms with Gasteiger partial charge in [0.2, 0.25) is 0 Å². The van der Waals surface area contributed by atoms with E-state index in [0.717, 1.165) is 25.7 Å². The van der Waals surface area contributed by atoms with E-state index < -0.39 is 6.10 Å². The summed E-state index contributed by atoms with van der Waals surface area (Å²) in [6.45, 7) is 9.29. The van der Waals surface area contributed by atoms with Crippen LogP contribution in [0.1, 0.15) is 52.9 Å². The number of rotatable bonds is 7. The second-order valence-corrected chi connectivity index (χ2v) is 5.12. The first-order chi connectivity index (χ1) is 6.89. The van der Waals surface area contributed by atoms with E-state index >= 15 is 0 Å². The topological polar surface area (TPSA) is 37.3 Å². The summed E-state index contributed by atoms with van der Waals surface area (Å²) in [4.78, 5) is 11.6. The fourth-order valence-corrected chi connectivity index (χ4v) is 1.38. The van der Waals surface area contributed by atoms with E-state index in [0.29, 0.717) is 6.42 Å². The largest absolute Gasteiger partial charge is 0.385 e. The zero-order chi connectivity index (χ0) is 11.9. The molecule has 0 saturated carbocycles. The number of Topliss-reactive ketones (excluding diaryl/α,β-unsaturated/α-hetero) is 1. The van der Waals surface area contributed by atoms with E-state index in [9.17, 15) is 9.90 Å². The van der Waals surface area contributed by atoms with Gasteiger partial charge in [-0.05, 0) is 24.7 Å². The number of unbranched alkanes of at least 4 members (excludes halogenated alkanes) is 3. The average molecular weight is 212 g/mol. The smallest absolute Gasteiger partial charge is 0.161 e. The van der Waals surface area contributed by atoms with E-state index in [1.54, 1.807) is 0 Å². The van der Waals surface area contributed by atoms with Crippen molar-refractivity contribution in [3.63, 3.8) is 0 Å². The molecule has 0 bridgehead atoms. The Morgan fingerprint density at radius 2 is 1.93 bits per heavy atom. The summed E-state index contributed by atoms with van der Waals surface area (Å²) in [6, 6.07) is 0. The van der Waals surface area contributed by atoms with Crippen LogP contribution in [0.15, 0.2) is 12.7 Å². The van der Waals surface area contributed by atoms with Gasteiger partial charge in [0.25, 0.3) is 0 Å². The average Bonchev–Trinajstić information content (AvgIpc) is 2.14. The van der Waals surface area contributed by atoms with E-state index in [-0.39, 0.29) is 11.2 Å². The number of ketones is 1. The van der Waals surface area contributed by atoms with Crippen LogP contribution in [0.25, 0.3) is 0 Å². The first kappa shape index (κ1) is 14.4. The van der Waals surface area contributed by atoms with Crippen LogP contribution in [-0.2, 0) is 4.79 Å².